The van der Waals surface area contributed by atoms with Gasteiger partial charge in [0.25, 0.3) is 0 Å². The standard InChI is InChI=1S/C10H17N5S/c1-13-9(11)14-10(12)15(2)5-3-8-4-6-16-7-8/h4,6-7H,3,5H2,1-2H3,(H4,11,12,13,14). The fraction of sp³-hybridized carbons (Fsp3) is 0.400. The third-order valence-electron chi connectivity index (χ3n) is 2.17. The third kappa shape index (κ3) is 3.90. The largest absolute Gasteiger partial charge is 0.369 e. The van der Waals surface area contributed by atoms with Gasteiger partial charge in [-0.2, -0.15) is 16.3 Å². The average molecular weight is 239 g/mol. The van der Waals surface area contributed by atoms with Crippen molar-refractivity contribution in [1.82, 2.24) is 4.90 Å². The van der Waals surface area contributed by atoms with E-state index >= 15 is 0 Å². The molecule has 4 N–H and O–H groups in total. The summed E-state index contributed by atoms with van der Waals surface area (Å²) in [5.74, 6) is 0.582. The molecule has 6 heteroatoms. The summed E-state index contributed by atoms with van der Waals surface area (Å²) in [6.07, 6.45) is 0.944. The molecule has 0 bridgehead atoms. The van der Waals surface area contributed by atoms with Crippen LogP contribution in [0.15, 0.2) is 26.8 Å². The van der Waals surface area contributed by atoms with Crippen LogP contribution < -0.4 is 11.5 Å². The van der Waals surface area contributed by atoms with Crippen LogP contribution in [0.5, 0.6) is 0 Å². The summed E-state index contributed by atoms with van der Waals surface area (Å²) < 4.78 is 0. The predicted octanol–water partition coefficient (Wildman–Crippen LogP) is 0.482. The molecule has 0 radical (unpaired) electrons. The maximum absolute atomic E-state index is 5.75. The number of nitrogens with two attached hydrogens (primary N) is 2. The highest BCUT2D eigenvalue weighted by molar-refractivity contribution is 7.07. The third-order valence-corrected chi connectivity index (χ3v) is 2.90. The van der Waals surface area contributed by atoms with Crippen molar-refractivity contribution in [1.29, 1.82) is 0 Å². The van der Waals surface area contributed by atoms with Crippen LogP contribution in [0.1, 0.15) is 5.56 Å². The van der Waals surface area contributed by atoms with E-state index in [4.69, 9.17) is 11.5 Å². The minimum absolute atomic E-state index is 0.194. The lowest BCUT2D eigenvalue weighted by Crippen LogP contribution is -2.36. The van der Waals surface area contributed by atoms with Crippen molar-refractivity contribution in [3.05, 3.63) is 22.4 Å². The number of thiophene rings is 1. The molecule has 0 atom stereocenters. The molecule has 0 aliphatic rings. The van der Waals surface area contributed by atoms with Gasteiger partial charge >= 0.3 is 0 Å². The number of nitrogens with zero attached hydrogens (tertiary/aromatic N) is 3. The Morgan fingerprint density at radius 2 is 2.25 bits per heavy atom. The van der Waals surface area contributed by atoms with Crippen molar-refractivity contribution in [2.45, 2.75) is 6.42 Å². The first-order valence-electron chi connectivity index (χ1n) is 4.92. The molecule has 0 spiro atoms. The van der Waals surface area contributed by atoms with Crippen LogP contribution in [-0.2, 0) is 6.42 Å². The zero-order chi connectivity index (χ0) is 12.0. The van der Waals surface area contributed by atoms with Gasteiger partial charge in [0.2, 0.25) is 5.96 Å². The van der Waals surface area contributed by atoms with E-state index in [1.807, 2.05) is 11.9 Å². The average Bonchev–Trinajstić information content (AvgIpc) is 2.78. The van der Waals surface area contributed by atoms with Crippen LogP contribution in [0, 0.1) is 0 Å². The number of hydrogen-bond acceptors (Lipinski definition) is 2. The Morgan fingerprint density at radius 3 is 2.81 bits per heavy atom. The fourth-order valence-corrected chi connectivity index (χ4v) is 1.80. The molecule has 0 unspecified atom stereocenters. The van der Waals surface area contributed by atoms with Gasteiger partial charge in [0.1, 0.15) is 0 Å². The summed E-state index contributed by atoms with van der Waals surface area (Å²) in [4.78, 5) is 9.53. The molecule has 88 valence electrons. The summed E-state index contributed by atoms with van der Waals surface area (Å²) in [6.45, 7) is 0.809. The van der Waals surface area contributed by atoms with Crippen molar-refractivity contribution >= 4 is 23.3 Å². The van der Waals surface area contributed by atoms with E-state index < -0.39 is 0 Å². The molecule has 0 amide bonds. The van der Waals surface area contributed by atoms with E-state index in [9.17, 15) is 0 Å². The highest BCUT2D eigenvalue weighted by Crippen LogP contribution is 2.06. The lowest BCUT2D eigenvalue weighted by atomic mass is 10.2. The smallest absolute Gasteiger partial charge is 0.218 e. The number of aliphatic imine (C=N–C) groups is 2. The summed E-state index contributed by atoms with van der Waals surface area (Å²) >= 11 is 1.69. The van der Waals surface area contributed by atoms with E-state index in [-0.39, 0.29) is 5.96 Å². The molecule has 0 aliphatic carbocycles. The Bertz CT molecular complexity index is 369. The summed E-state index contributed by atoms with van der Waals surface area (Å²) in [5, 5.41) is 4.19. The summed E-state index contributed by atoms with van der Waals surface area (Å²) in [6, 6.07) is 2.10. The van der Waals surface area contributed by atoms with Crippen molar-refractivity contribution in [2.24, 2.45) is 21.5 Å². The second kappa shape index (κ2) is 6.12. The molecule has 0 saturated carbocycles. The molecule has 16 heavy (non-hydrogen) atoms. The molecule has 0 aromatic carbocycles. The van der Waals surface area contributed by atoms with Gasteiger partial charge < -0.3 is 16.4 Å². The molecule has 1 aromatic rings. The van der Waals surface area contributed by atoms with Crippen LogP contribution in [0.4, 0.5) is 0 Å². The van der Waals surface area contributed by atoms with Gasteiger partial charge in [-0.1, -0.05) is 0 Å². The fourth-order valence-electron chi connectivity index (χ4n) is 1.10. The van der Waals surface area contributed by atoms with Gasteiger partial charge in [-0.05, 0) is 28.8 Å². The Morgan fingerprint density at radius 1 is 1.50 bits per heavy atom. The SMILES string of the molecule is CN=C(N)N=C(N)N(C)CCc1ccsc1. The molecular formula is C10H17N5S. The van der Waals surface area contributed by atoms with Crippen molar-refractivity contribution in [3.8, 4) is 0 Å². The topological polar surface area (TPSA) is 80.0 Å². The zero-order valence-electron chi connectivity index (χ0n) is 9.55. The lowest BCUT2D eigenvalue weighted by Gasteiger charge is -2.17. The predicted molar refractivity (Wildman–Crippen MR) is 69.8 cm³/mol. The van der Waals surface area contributed by atoms with Gasteiger partial charge in [-0.3, -0.25) is 4.99 Å². The van der Waals surface area contributed by atoms with Gasteiger partial charge in [0, 0.05) is 20.6 Å². The Labute approximate surface area is 99.5 Å². The number of likely N-dealkylation sites (N-methyl/N-ethyl adjacent to an activating group) is 1. The van der Waals surface area contributed by atoms with E-state index in [1.54, 1.807) is 18.4 Å². The molecule has 1 heterocycles. The van der Waals surface area contributed by atoms with Crippen LogP contribution in [0.25, 0.3) is 0 Å². The van der Waals surface area contributed by atoms with Crippen LogP contribution in [-0.4, -0.2) is 37.5 Å². The van der Waals surface area contributed by atoms with Crippen LogP contribution in [0.3, 0.4) is 0 Å². The zero-order valence-corrected chi connectivity index (χ0v) is 10.4. The highest BCUT2D eigenvalue weighted by atomic mass is 32.1. The van der Waals surface area contributed by atoms with Gasteiger partial charge in [0.05, 0.1) is 0 Å². The molecule has 1 rings (SSSR count). The van der Waals surface area contributed by atoms with Crippen molar-refractivity contribution in [3.63, 3.8) is 0 Å². The van der Waals surface area contributed by atoms with E-state index in [0.717, 1.165) is 13.0 Å². The van der Waals surface area contributed by atoms with Gasteiger partial charge in [-0.25, -0.2) is 0 Å². The summed E-state index contributed by atoms with van der Waals surface area (Å²) in [5.41, 5.74) is 12.5. The second-order valence-electron chi connectivity index (χ2n) is 3.35. The molecule has 0 aliphatic heterocycles. The van der Waals surface area contributed by atoms with Crippen LogP contribution >= 0.6 is 11.3 Å². The minimum Gasteiger partial charge on any atom is -0.369 e. The minimum atomic E-state index is 0.194. The normalized spacial score (nSPS) is 12.9. The monoisotopic (exact) mass is 239 g/mol. The summed E-state index contributed by atoms with van der Waals surface area (Å²) in [7, 11) is 3.46. The Hall–Kier alpha value is -1.56. The number of guanidine groups is 2. The maximum Gasteiger partial charge on any atom is 0.218 e. The van der Waals surface area contributed by atoms with Gasteiger partial charge in [-0.15, -0.1) is 0 Å². The second-order valence-corrected chi connectivity index (χ2v) is 4.13. The van der Waals surface area contributed by atoms with Crippen molar-refractivity contribution in [2.75, 3.05) is 20.6 Å². The quantitative estimate of drug-likeness (QED) is 0.595. The number of rotatable bonds is 3. The van der Waals surface area contributed by atoms with Crippen LogP contribution in [0.2, 0.25) is 0 Å². The van der Waals surface area contributed by atoms with E-state index in [0.29, 0.717) is 5.96 Å². The van der Waals surface area contributed by atoms with Crippen molar-refractivity contribution < 1.29 is 0 Å². The molecular weight excluding hydrogens is 222 g/mol. The molecule has 5 nitrogen and oxygen atoms in total. The first kappa shape index (κ1) is 12.5. The molecule has 1 aromatic heterocycles. The number of hydrogen-bond donors (Lipinski definition) is 2. The lowest BCUT2D eigenvalue weighted by molar-refractivity contribution is 0.503. The van der Waals surface area contributed by atoms with Gasteiger partial charge in [0.15, 0.2) is 5.96 Å². The van der Waals surface area contributed by atoms with E-state index in [2.05, 4.69) is 26.8 Å². The van der Waals surface area contributed by atoms with E-state index in [1.165, 1.54) is 5.56 Å². The Balaban J connectivity index is 2.46. The first-order chi connectivity index (χ1) is 7.63. The molecule has 0 saturated heterocycles. The molecule has 0 fully saturated rings. The highest BCUT2D eigenvalue weighted by Gasteiger charge is 2.03. The Kier molecular flexibility index (Phi) is 4.78. The maximum atomic E-state index is 5.75. The first-order valence-corrected chi connectivity index (χ1v) is 5.86.